The molecule has 1 unspecified atom stereocenters. The molecule has 0 aliphatic heterocycles. The van der Waals surface area contributed by atoms with Gasteiger partial charge in [-0.25, -0.2) is 4.98 Å². The molecule has 1 atom stereocenters. The summed E-state index contributed by atoms with van der Waals surface area (Å²) >= 11 is 11.4. The lowest BCUT2D eigenvalue weighted by molar-refractivity contribution is 0.577. The van der Waals surface area contributed by atoms with Gasteiger partial charge in [0.1, 0.15) is 5.01 Å². The van der Waals surface area contributed by atoms with Gasteiger partial charge in [-0.3, -0.25) is 0 Å². The van der Waals surface area contributed by atoms with Crippen LogP contribution in [-0.4, -0.2) is 11.5 Å². The van der Waals surface area contributed by atoms with Crippen LogP contribution < -0.4 is 5.32 Å². The van der Waals surface area contributed by atoms with Crippen molar-refractivity contribution < 1.29 is 0 Å². The van der Waals surface area contributed by atoms with Crippen molar-refractivity contribution in [3.8, 4) is 10.6 Å². The molecular formula is C14H16BrClN2S. The second kappa shape index (κ2) is 6.84. The molecule has 0 bridgehead atoms. The molecule has 5 heteroatoms. The number of rotatable bonds is 5. The van der Waals surface area contributed by atoms with Gasteiger partial charge in [0.2, 0.25) is 0 Å². The number of hydrogen-bond acceptors (Lipinski definition) is 3. The van der Waals surface area contributed by atoms with Crippen LogP contribution in [0.5, 0.6) is 0 Å². The zero-order chi connectivity index (χ0) is 13.8. The van der Waals surface area contributed by atoms with E-state index in [4.69, 9.17) is 11.6 Å². The van der Waals surface area contributed by atoms with Crippen molar-refractivity contribution in [2.45, 2.75) is 26.3 Å². The van der Waals surface area contributed by atoms with Crippen molar-refractivity contribution in [3.63, 3.8) is 0 Å². The second-order valence-corrected chi connectivity index (χ2v) is 6.75. The van der Waals surface area contributed by atoms with Crippen LogP contribution in [0.3, 0.4) is 0 Å². The molecule has 1 aromatic carbocycles. The highest BCUT2D eigenvalue weighted by atomic mass is 79.9. The van der Waals surface area contributed by atoms with Crippen LogP contribution >= 0.6 is 38.9 Å². The van der Waals surface area contributed by atoms with E-state index in [0.29, 0.717) is 6.04 Å². The van der Waals surface area contributed by atoms with Gasteiger partial charge in [0.05, 0.1) is 5.02 Å². The number of aromatic nitrogens is 1. The molecule has 0 amide bonds. The second-order valence-electron chi connectivity index (χ2n) is 4.37. The Kier molecular flexibility index (Phi) is 5.39. The fourth-order valence-electron chi connectivity index (χ4n) is 1.74. The Morgan fingerprint density at radius 1 is 1.47 bits per heavy atom. The molecule has 1 N–H and O–H groups in total. The zero-order valence-corrected chi connectivity index (χ0v) is 14.1. The van der Waals surface area contributed by atoms with Crippen LogP contribution in [0.15, 0.2) is 28.9 Å². The van der Waals surface area contributed by atoms with E-state index < -0.39 is 0 Å². The molecule has 1 aromatic heterocycles. The Bertz CT molecular complexity index is 556. The van der Waals surface area contributed by atoms with E-state index in [1.54, 1.807) is 11.3 Å². The summed E-state index contributed by atoms with van der Waals surface area (Å²) in [7, 11) is 0. The molecule has 0 aliphatic rings. The maximum atomic E-state index is 6.26. The summed E-state index contributed by atoms with van der Waals surface area (Å²) in [6.45, 7) is 5.35. The highest BCUT2D eigenvalue weighted by molar-refractivity contribution is 9.10. The third kappa shape index (κ3) is 3.78. The van der Waals surface area contributed by atoms with Gasteiger partial charge < -0.3 is 5.32 Å². The van der Waals surface area contributed by atoms with E-state index in [0.717, 1.165) is 33.0 Å². The van der Waals surface area contributed by atoms with Gasteiger partial charge in [0.15, 0.2) is 0 Å². The third-order valence-electron chi connectivity index (χ3n) is 2.81. The van der Waals surface area contributed by atoms with Crippen LogP contribution in [0.2, 0.25) is 5.02 Å². The molecule has 0 radical (unpaired) electrons. The first-order valence-corrected chi connectivity index (χ1v) is 8.25. The lowest BCUT2D eigenvalue weighted by atomic mass is 10.2. The van der Waals surface area contributed by atoms with Crippen molar-refractivity contribution in [2.75, 3.05) is 6.54 Å². The van der Waals surface area contributed by atoms with Crippen LogP contribution in [0.1, 0.15) is 31.2 Å². The first-order valence-electron chi connectivity index (χ1n) is 6.26. The summed E-state index contributed by atoms with van der Waals surface area (Å²) in [5.41, 5.74) is 0.990. The molecule has 2 nitrogen and oxygen atoms in total. The minimum Gasteiger partial charge on any atom is -0.309 e. The lowest BCUT2D eigenvalue weighted by Gasteiger charge is -2.09. The Hall–Kier alpha value is -0.420. The monoisotopic (exact) mass is 358 g/mol. The normalized spacial score (nSPS) is 12.6. The summed E-state index contributed by atoms with van der Waals surface area (Å²) in [5.74, 6) is 0. The standard InChI is InChI=1S/C14H16BrClN2S/c1-3-6-17-9(2)13-8-18-14(19-13)11-5-4-10(15)7-12(11)16/h4-5,7-9,17H,3,6H2,1-2H3. The molecule has 0 aliphatic carbocycles. The molecule has 0 saturated heterocycles. The highest BCUT2D eigenvalue weighted by Crippen LogP contribution is 2.34. The molecule has 0 saturated carbocycles. The lowest BCUT2D eigenvalue weighted by Crippen LogP contribution is -2.18. The van der Waals surface area contributed by atoms with E-state index in [2.05, 4.69) is 40.1 Å². The van der Waals surface area contributed by atoms with E-state index in [1.807, 2.05) is 24.4 Å². The van der Waals surface area contributed by atoms with Crippen molar-refractivity contribution >= 4 is 38.9 Å². The van der Waals surface area contributed by atoms with Crippen molar-refractivity contribution in [1.82, 2.24) is 10.3 Å². The Morgan fingerprint density at radius 3 is 2.95 bits per heavy atom. The molecule has 0 fully saturated rings. The van der Waals surface area contributed by atoms with Crippen molar-refractivity contribution in [1.29, 1.82) is 0 Å². The number of halogens is 2. The zero-order valence-electron chi connectivity index (χ0n) is 10.9. The van der Waals surface area contributed by atoms with Crippen LogP contribution in [-0.2, 0) is 0 Å². The van der Waals surface area contributed by atoms with Crippen molar-refractivity contribution in [3.05, 3.63) is 38.8 Å². The van der Waals surface area contributed by atoms with Crippen LogP contribution in [0.4, 0.5) is 0 Å². The summed E-state index contributed by atoms with van der Waals surface area (Å²) in [6, 6.07) is 6.22. The smallest absolute Gasteiger partial charge is 0.125 e. The molecule has 0 spiro atoms. The van der Waals surface area contributed by atoms with Crippen LogP contribution in [0.25, 0.3) is 10.6 Å². The van der Waals surface area contributed by atoms with Gasteiger partial charge in [-0.15, -0.1) is 11.3 Å². The Balaban J connectivity index is 2.20. The SMILES string of the molecule is CCCNC(C)c1cnc(-c2ccc(Br)cc2Cl)s1. The molecule has 2 rings (SSSR count). The molecule has 1 heterocycles. The number of benzene rings is 1. The first-order chi connectivity index (χ1) is 9.11. The van der Waals surface area contributed by atoms with E-state index in [-0.39, 0.29) is 0 Å². The third-order valence-corrected chi connectivity index (χ3v) is 4.83. The van der Waals surface area contributed by atoms with Gasteiger partial charge in [-0.1, -0.05) is 34.5 Å². The summed E-state index contributed by atoms with van der Waals surface area (Å²) in [4.78, 5) is 5.72. The number of nitrogens with zero attached hydrogens (tertiary/aromatic N) is 1. The largest absolute Gasteiger partial charge is 0.309 e. The van der Waals surface area contributed by atoms with Gasteiger partial charge in [0, 0.05) is 27.2 Å². The van der Waals surface area contributed by atoms with E-state index >= 15 is 0 Å². The maximum Gasteiger partial charge on any atom is 0.125 e. The summed E-state index contributed by atoms with van der Waals surface area (Å²) < 4.78 is 0.982. The summed E-state index contributed by atoms with van der Waals surface area (Å²) in [6.07, 6.45) is 3.07. The first kappa shape index (κ1) is 15.0. The molecule has 19 heavy (non-hydrogen) atoms. The predicted molar refractivity (Wildman–Crippen MR) is 87.0 cm³/mol. The number of nitrogens with one attached hydrogen (secondary N) is 1. The quantitative estimate of drug-likeness (QED) is 0.785. The maximum absolute atomic E-state index is 6.26. The fourth-order valence-corrected chi connectivity index (χ4v) is 3.54. The molecular weight excluding hydrogens is 344 g/mol. The number of hydrogen-bond donors (Lipinski definition) is 1. The number of thiazole rings is 1. The summed E-state index contributed by atoms with van der Waals surface area (Å²) in [5, 5.41) is 5.16. The average molecular weight is 360 g/mol. The van der Waals surface area contributed by atoms with Gasteiger partial charge >= 0.3 is 0 Å². The topological polar surface area (TPSA) is 24.9 Å². The van der Waals surface area contributed by atoms with Gasteiger partial charge in [-0.05, 0) is 38.1 Å². The highest BCUT2D eigenvalue weighted by Gasteiger charge is 2.12. The molecule has 2 aromatic rings. The predicted octanol–water partition coefficient (Wildman–Crippen LogP) is 5.29. The van der Waals surface area contributed by atoms with E-state index in [9.17, 15) is 0 Å². The Labute approximate surface area is 131 Å². The fraction of sp³-hybridized carbons (Fsp3) is 0.357. The minimum atomic E-state index is 0.334. The van der Waals surface area contributed by atoms with Crippen LogP contribution in [0, 0.1) is 0 Å². The van der Waals surface area contributed by atoms with E-state index in [1.165, 1.54) is 4.88 Å². The minimum absolute atomic E-state index is 0.334. The van der Waals surface area contributed by atoms with Gasteiger partial charge in [0.25, 0.3) is 0 Å². The Morgan fingerprint density at radius 2 is 2.26 bits per heavy atom. The molecule has 102 valence electrons. The average Bonchev–Trinajstić information content (AvgIpc) is 2.85. The van der Waals surface area contributed by atoms with Crippen molar-refractivity contribution in [2.24, 2.45) is 0 Å². The van der Waals surface area contributed by atoms with Gasteiger partial charge in [-0.2, -0.15) is 0 Å².